The molecule has 0 radical (unpaired) electrons. The highest BCUT2D eigenvalue weighted by Gasteiger charge is 2.39. The van der Waals surface area contributed by atoms with Crippen LogP contribution in [0.2, 0.25) is 0 Å². The van der Waals surface area contributed by atoms with Gasteiger partial charge in [0.15, 0.2) is 0 Å². The third-order valence-corrected chi connectivity index (χ3v) is 3.46. The van der Waals surface area contributed by atoms with E-state index in [1.54, 1.807) is 0 Å². The van der Waals surface area contributed by atoms with Crippen LogP contribution in [0.4, 0.5) is 0 Å². The first-order chi connectivity index (χ1) is 9.70. The number of hydrogen-bond donors (Lipinski definition) is 3. The van der Waals surface area contributed by atoms with E-state index < -0.39 is 24.4 Å². The van der Waals surface area contributed by atoms with Crippen molar-refractivity contribution < 1.29 is 24.8 Å². The van der Waals surface area contributed by atoms with Crippen molar-refractivity contribution in [3.05, 3.63) is 12.2 Å². The number of unbranched alkanes of at least 4 members (excludes halogenated alkanes) is 3. The second-order valence-corrected chi connectivity index (χ2v) is 5.20. The van der Waals surface area contributed by atoms with Gasteiger partial charge in [-0.25, -0.2) is 0 Å². The molecular weight excluding hydrogens is 260 g/mol. The first kappa shape index (κ1) is 17.6. The van der Waals surface area contributed by atoms with E-state index in [4.69, 9.17) is 9.47 Å². The predicted octanol–water partition coefficient (Wildman–Crippen LogP) is 1.01. The molecule has 3 N–H and O–H groups in total. The normalized spacial score (nSPS) is 31.0. The van der Waals surface area contributed by atoms with Crippen LogP contribution in [-0.4, -0.2) is 59.6 Å². The third kappa shape index (κ3) is 5.89. The zero-order valence-corrected chi connectivity index (χ0v) is 12.3. The Hall–Kier alpha value is -0.460. The van der Waals surface area contributed by atoms with Crippen LogP contribution in [0.5, 0.6) is 0 Å². The molecular formula is C15H28O5. The number of aliphatic hydroxyl groups is 3. The molecule has 0 aromatic heterocycles. The third-order valence-electron chi connectivity index (χ3n) is 3.46. The summed E-state index contributed by atoms with van der Waals surface area (Å²) in [4.78, 5) is 0. The zero-order chi connectivity index (χ0) is 14.8. The van der Waals surface area contributed by atoms with Crippen molar-refractivity contribution in [3.63, 3.8) is 0 Å². The highest BCUT2D eigenvalue weighted by atomic mass is 16.6. The Morgan fingerprint density at radius 2 is 1.95 bits per heavy atom. The summed E-state index contributed by atoms with van der Waals surface area (Å²) in [5.74, 6) is 0. The lowest BCUT2D eigenvalue weighted by atomic mass is 10.0. The van der Waals surface area contributed by atoms with Crippen LogP contribution in [0.3, 0.4) is 0 Å². The molecule has 0 aliphatic carbocycles. The van der Waals surface area contributed by atoms with Crippen molar-refractivity contribution in [1.82, 2.24) is 0 Å². The molecule has 1 aliphatic heterocycles. The van der Waals surface area contributed by atoms with Gasteiger partial charge < -0.3 is 24.8 Å². The summed E-state index contributed by atoms with van der Waals surface area (Å²) < 4.78 is 10.8. The summed E-state index contributed by atoms with van der Waals surface area (Å²) >= 11 is 0. The number of allylic oxidation sites excluding steroid dienone is 2. The summed E-state index contributed by atoms with van der Waals surface area (Å²) in [5, 5.41) is 28.6. The Kier molecular flexibility index (Phi) is 9.05. The maximum atomic E-state index is 9.86. The van der Waals surface area contributed by atoms with Gasteiger partial charge >= 0.3 is 0 Å². The van der Waals surface area contributed by atoms with Crippen LogP contribution in [0, 0.1) is 0 Å². The second kappa shape index (κ2) is 10.3. The molecule has 5 heteroatoms. The molecule has 0 amide bonds. The fourth-order valence-corrected chi connectivity index (χ4v) is 2.20. The van der Waals surface area contributed by atoms with Crippen molar-refractivity contribution in [2.45, 2.75) is 63.4 Å². The Bertz CT molecular complexity index is 267. The first-order valence-corrected chi connectivity index (χ1v) is 7.55. The number of ether oxygens (including phenoxy) is 2. The molecule has 0 bridgehead atoms. The van der Waals surface area contributed by atoms with E-state index in [1.165, 1.54) is 6.42 Å². The van der Waals surface area contributed by atoms with Crippen molar-refractivity contribution in [2.24, 2.45) is 0 Å². The Morgan fingerprint density at radius 1 is 1.20 bits per heavy atom. The fourth-order valence-electron chi connectivity index (χ4n) is 2.20. The number of rotatable bonds is 9. The molecule has 0 spiro atoms. The summed E-state index contributed by atoms with van der Waals surface area (Å²) in [6.45, 7) is 2.47. The average molecular weight is 288 g/mol. The van der Waals surface area contributed by atoms with Gasteiger partial charge in [0.05, 0.1) is 13.2 Å². The molecule has 20 heavy (non-hydrogen) atoms. The molecule has 1 aliphatic rings. The Morgan fingerprint density at radius 3 is 2.65 bits per heavy atom. The molecule has 0 unspecified atom stereocenters. The largest absolute Gasteiger partial charge is 0.394 e. The van der Waals surface area contributed by atoms with Gasteiger partial charge in [-0.3, -0.25) is 0 Å². The maximum Gasteiger partial charge on any atom is 0.114 e. The van der Waals surface area contributed by atoms with Crippen molar-refractivity contribution in [1.29, 1.82) is 0 Å². The molecule has 1 fully saturated rings. The van der Waals surface area contributed by atoms with Crippen LogP contribution >= 0.6 is 0 Å². The highest BCUT2D eigenvalue weighted by Crippen LogP contribution is 2.19. The fraction of sp³-hybridized carbons (Fsp3) is 0.867. The molecule has 118 valence electrons. The summed E-state index contributed by atoms with van der Waals surface area (Å²) in [6.07, 6.45) is 6.45. The van der Waals surface area contributed by atoms with Crippen LogP contribution in [-0.2, 0) is 9.47 Å². The van der Waals surface area contributed by atoms with Crippen molar-refractivity contribution in [3.8, 4) is 0 Å². The van der Waals surface area contributed by atoms with Gasteiger partial charge in [-0.15, -0.1) is 0 Å². The minimum Gasteiger partial charge on any atom is -0.394 e. The topological polar surface area (TPSA) is 79.2 Å². The van der Waals surface area contributed by atoms with E-state index in [9.17, 15) is 15.3 Å². The molecule has 4 atom stereocenters. The summed E-state index contributed by atoms with van der Waals surface area (Å²) in [5.41, 5.74) is 0. The van der Waals surface area contributed by atoms with Crippen LogP contribution in [0.15, 0.2) is 12.2 Å². The van der Waals surface area contributed by atoms with Gasteiger partial charge in [-0.1, -0.05) is 25.5 Å². The molecule has 0 aromatic rings. The molecule has 1 saturated heterocycles. The lowest BCUT2D eigenvalue weighted by molar-refractivity contribution is -0.211. The minimum atomic E-state index is -0.995. The summed E-state index contributed by atoms with van der Waals surface area (Å²) in [7, 11) is 0. The van der Waals surface area contributed by atoms with E-state index in [1.807, 2.05) is 0 Å². The second-order valence-electron chi connectivity index (χ2n) is 5.20. The maximum absolute atomic E-state index is 9.86. The van der Waals surface area contributed by atoms with Gasteiger partial charge in [0.1, 0.15) is 24.4 Å². The smallest absolute Gasteiger partial charge is 0.114 e. The quantitative estimate of drug-likeness (QED) is 0.436. The number of aliphatic hydroxyl groups excluding tert-OH is 3. The molecule has 1 rings (SSSR count). The lowest BCUT2D eigenvalue weighted by Gasteiger charge is -2.37. The van der Waals surface area contributed by atoms with Crippen LogP contribution in [0.1, 0.15) is 39.0 Å². The lowest BCUT2D eigenvalue weighted by Crippen LogP contribution is -2.55. The van der Waals surface area contributed by atoms with Crippen molar-refractivity contribution >= 4 is 0 Å². The Balaban J connectivity index is 2.18. The van der Waals surface area contributed by atoms with E-state index in [0.29, 0.717) is 6.61 Å². The zero-order valence-electron chi connectivity index (χ0n) is 12.3. The van der Waals surface area contributed by atoms with E-state index in [0.717, 1.165) is 25.7 Å². The number of hydrogen-bond acceptors (Lipinski definition) is 5. The SMILES string of the molecule is CCC/C=C/CCCCO[C@@H]1[C@@H](O)[C@H](O)CO[C@H]1CO. The predicted molar refractivity (Wildman–Crippen MR) is 76.5 cm³/mol. The van der Waals surface area contributed by atoms with Crippen molar-refractivity contribution in [2.75, 3.05) is 19.8 Å². The molecule has 0 saturated carbocycles. The van der Waals surface area contributed by atoms with Gasteiger partial charge in [-0.2, -0.15) is 0 Å². The highest BCUT2D eigenvalue weighted by molar-refractivity contribution is 4.87. The minimum absolute atomic E-state index is 0.0362. The standard InChI is InChI=1S/C15H28O5/c1-2-3-4-5-6-7-8-9-19-15-13(10-16)20-11-12(17)14(15)18/h4-5,12-18H,2-3,6-11H2,1H3/b5-4+/t12-,13+,14+,15+/m1/s1. The first-order valence-electron chi connectivity index (χ1n) is 7.55. The van der Waals surface area contributed by atoms with Crippen LogP contribution < -0.4 is 0 Å². The van der Waals surface area contributed by atoms with Gasteiger partial charge in [0.2, 0.25) is 0 Å². The van der Waals surface area contributed by atoms with Gasteiger partial charge in [-0.05, 0) is 25.7 Å². The summed E-state index contributed by atoms with van der Waals surface area (Å²) in [6, 6.07) is 0. The molecule has 1 heterocycles. The van der Waals surface area contributed by atoms with Crippen LogP contribution in [0.25, 0.3) is 0 Å². The van der Waals surface area contributed by atoms with E-state index in [2.05, 4.69) is 19.1 Å². The molecule has 5 nitrogen and oxygen atoms in total. The van der Waals surface area contributed by atoms with Gasteiger partial charge in [0, 0.05) is 6.61 Å². The van der Waals surface area contributed by atoms with Gasteiger partial charge in [0.25, 0.3) is 0 Å². The average Bonchev–Trinajstić information content (AvgIpc) is 2.46. The Labute approximate surface area is 121 Å². The van der Waals surface area contributed by atoms with E-state index >= 15 is 0 Å². The molecule has 0 aromatic carbocycles. The monoisotopic (exact) mass is 288 g/mol. The van der Waals surface area contributed by atoms with E-state index in [-0.39, 0.29) is 13.2 Å².